The number of aliphatic carboxylic acids is 1. The average molecular weight is 471 g/mol. The van der Waals surface area contributed by atoms with Crippen molar-refractivity contribution in [3.05, 3.63) is 59.7 Å². The van der Waals surface area contributed by atoms with Crippen LogP contribution < -0.4 is 5.32 Å². The quantitative estimate of drug-likeness (QED) is 0.485. The van der Waals surface area contributed by atoms with Gasteiger partial charge in [0.1, 0.15) is 6.61 Å². The number of fused-ring (bicyclic) bond motifs is 3. The molecule has 0 aromatic heterocycles. The van der Waals surface area contributed by atoms with Crippen molar-refractivity contribution in [1.82, 2.24) is 10.2 Å². The minimum atomic E-state index is -0.916. The molecule has 3 rings (SSSR count). The third-order valence-electron chi connectivity index (χ3n) is 5.74. The zero-order valence-corrected chi connectivity index (χ0v) is 19.8. The Morgan fingerprint density at radius 2 is 1.70 bits per heavy atom. The van der Waals surface area contributed by atoms with E-state index in [-0.39, 0.29) is 30.7 Å². The predicted octanol–water partition coefficient (Wildman–Crippen LogP) is 3.83. The highest BCUT2D eigenvalue weighted by molar-refractivity contribution is 7.99. The Labute approximate surface area is 198 Å². The van der Waals surface area contributed by atoms with Crippen LogP contribution in [0, 0.1) is 5.92 Å². The maximum atomic E-state index is 12.3. The lowest BCUT2D eigenvalue weighted by atomic mass is 9.98. The number of hydrogen-bond acceptors (Lipinski definition) is 5. The normalized spacial score (nSPS) is 13.0. The summed E-state index contributed by atoms with van der Waals surface area (Å²) in [6.07, 6.45) is -0.478. The standard InChI is InChI=1S/C25H30N2O5S/c1-3-27(14-17(2)24(29)30)23(28)16-33-13-12-26-25(31)32-15-22-20-10-6-4-8-18(20)19-9-5-7-11-21(19)22/h4-11,17,22H,3,12-16H2,1-2H3,(H,26,31)(H,29,30). The Balaban J connectivity index is 1.39. The Morgan fingerprint density at radius 3 is 2.27 bits per heavy atom. The largest absolute Gasteiger partial charge is 0.481 e. The van der Waals surface area contributed by atoms with Crippen molar-refractivity contribution in [2.24, 2.45) is 5.92 Å². The minimum Gasteiger partial charge on any atom is -0.481 e. The van der Waals surface area contributed by atoms with Crippen molar-refractivity contribution < 1.29 is 24.2 Å². The Bertz CT molecular complexity index is 951. The van der Waals surface area contributed by atoms with Crippen LogP contribution in [0.25, 0.3) is 11.1 Å². The number of carboxylic acids is 1. The maximum absolute atomic E-state index is 12.3. The van der Waals surface area contributed by atoms with Crippen LogP contribution in [0.1, 0.15) is 30.9 Å². The highest BCUT2D eigenvalue weighted by Gasteiger charge is 2.29. The molecule has 0 heterocycles. The summed E-state index contributed by atoms with van der Waals surface area (Å²) < 4.78 is 5.50. The van der Waals surface area contributed by atoms with Gasteiger partial charge in [-0.05, 0) is 29.2 Å². The van der Waals surface area contributed by atoms with E-state index in [9.17, 15) is 14.4 Å². The lowest BCUT2D eigenvalue weighted by Gasteiger charge is -2.22. The molecule has 0 saturated carbocycles. The molecule has 1 atom stereocenters. The number of amides is 2. The molecule has 2 amide bonds. The smallest absolute Gasteiger partial charge is 0.407 e. The van der Waals surface area contributed by atoms with Gasteiger partial charge in [-0.3, -0.25) is 9.59 Å². The first-order valence-electron chi connectivity index (χ1n) is 11.1. The fourth-order valence-electron chi connectivity index (χ4n) is 3.94. The van der Waals surface area contributed by atoms with Crippen molar-refractivity contribution in [1.29, 1.82) is 0 Å². The molecule has 33 heavy (non-hydrogen) atoms. The van der Waals surface area contributed by atoms with Gasteiger partial charge in [0, 0.05) is 31.3 Å². The molecule has 2 aromatic carbocycles. The maximum Gasteiger partial charge on any atom is 0.407 e. The summed E-state index contributed by atoms with van der Waals surface area (Å²) in [4.78, 5) is 37.0. The van der Waals surface area contributed by atoms with Gasteiger partial charge in [-0.25, -0.2) is 4.79 Å². The molecule has 1 aliphatic carbocycles. The minimum absolute atomic E-state index is 0.0170. The van der Waals surface area contributed by atoms with Crippen LogP contribution in [-0.4, -0.2) is 65.7 Å². The zero-order valence-electron chi connectivity index (χ0n) is 19.0. The van der Waals surface area contributed by atoms with E-state index in [1.54, 1.807) is 11.8 Å². The molecular formula is C25H30N2O5S. The van der Waals surface area contributed by atoms with E-state index < -0.39 is 18.0 Å². The third kappa shape index (κ3) is 6.28. The first kappa shape index (κ1) is 24.6. The van der Waals surface area contributed by atoms with Crippen LogP contribution in [-0.2, 0) is 14.3 Å². The van der Waals surface area contributed by atoms with Gasteiger partial charge in [0.05, 0.1) is 11.7 Å². The lowest BCUT2D eigenvalue weighted by molar-refractivity contribution is -0.142. The summed E-state index contributed by atoms with van der Waals surface area (Å²) in [5, 5.41) is 11.8. The van der Waals surface area contributed by atoms with Gasteiger partial charge in [0.15, 0.2) is 0 Å². The molecule has 7 nitrogen and oxygen atoms in total. The highest BCUT2D eigenvalue weighted by Crippen LogP contribution is 2.44. The number of carboxylic acid groups (broad SMARTS) is 1. The molecule has 0 aliphatic heterocycles. The summed E-state index contributed by atoms with van der Waals surface area (Å²) in [6.45, 7) is 4.72. The van der Waals surface area contributed by atoms with Crippen molar-refractivity contribution in [2.75, 3.05) is 37.7 Å². The number of carbonyl (C=O) groups is 3. The lowest BCUT2D eigenvalue weighted by Crippen LogP contribution is -2.38. The van der Waals surface area contributed by atoms with Crippen LogP contribution in [0.4, 0.5) is 4.79 Å². The second kappa shape index (κ2) is 11.7. The number of alkyl carbamates (subject to hydrolysis) is 1. The van der Waals surface area contributed by atoms with E-state index in [0.29, 0.717) is 18.8 Å². The molecule has 176 valence electrons. The van der Waals surface area contributed by atoms with Gasteiger partial charge in [-0.15, -0.1) is 0 Å². The molecule has 0 bridgehead atoms. The molecule has 0 saturated heterocycles. The summed E-state index contributed by atoms with van der Waals surface area (Å²) in [5.74, 6) is -0.801. The number of thioether (sulfide) groups is 1. The van der Waals surface area contributed by atoms with Gasteiger partial charge in [0.2, 0.25) is 5.91 Å². The van der Waals surface area contributed by atoms with Crippen molar-refractivity contribution in [2.45, 2.75) is 19.8 Å². The summed E-state index contributed by atoms with van der Waals surface area (Å²) in [6, 6.07) is 16.4. The van der Waals surface area contributed by atoms with E-state index in [4.69, 9.17) is 9.84 Å². The average Bonchev–Trinajstić information content (AvgIpc) is 3.14. The number of carbonyl (C=O) groups excluding carboxylic acids is 2. The van der Waals surface area contributed by atoms with Gasteiger partial charge >= 0.3 is 12.1 Å². The number of benzene rings is 2. The van der Waals surface area contributed by atoms with Crippen LogP contribution in [0.3, 0.4) is 0 Å². The summed E-state index contributed by atoms with van der Waals surface area (Å²) in [5.41, 5.74) is 4.70. The Kier molecular flexibility index (Phi) is 8.77. The molecule has 2 N–H and O–H groups in total. The van der Waals surface area contributed by atoms with E-state index in [1.165, 1.54) is 34.0 Å². The predicted molar refractivity (Wildman–Crippen MR) is 129 cm³/mol. The first-order chi connectivity index (χ1) is 15.9. The fraction of sp³-hybridized carbons (Fsp3) is 0.400. The number of ether oxygens (including phenoxy) is 1. The first-order valence-corrected chi connectivity index (χ1v) is 12.2. The molecule has 0 fully saturated rings. The number of nitrogens with zero attached hydrogens (tertiary/aromatic N) is 1. The molecule has 0 radical (unpaired) electrons. The van der Waals surface area contributed by atoms with E-state index in [0.717, 1.165) is 0 Å². The van der Waals surface area contributed by atoms with E-state index in [1.807, 2.05) is 31.2 Å². The molecular weight excluding hydrogens is 440 g/mol. The molecule has 1 aliphatic rings. The number of rotatable bonds is 11. The Hall–Kier alpha value is -3.00. The van der Waals surface area contributed by atoms with Crippen LogP contribution in [0.2, 0.25) is 0 Å². The molecule has 0 spiro atoms. The van der Waals surface area contributed by atoms with Crippen LogP contribution in [0.15, 0.2) is 48.5 Å². The molecule has 1 unspecified atom stereocenters. The topological polar surface area (TPSA) is 95.9 Å². The molecule has 8 heteroatoms. The van der Waals surface area contributed by atoms with Gasteiger partial charge in [-0.2, -0.15) is 11.8 Å². The van der Waals surface area contributed by atoms with E-state index in [2.05, 4.69) is 29.6 Å². The van der Waals surface area contributed by atoms with Crippen molar-refractivity contribution >= 4 is 29.7 Å². The summed E-state index contributed by atoms with van der Waals surface area (Å²) >= 11 is 1.40. The number of hydrogen-bond donors (Lipinski definition) is 2. The SMILES string of the molecule is CCN(CC(C)C(=O)O)C(=O)CSCCNC(=O)OCC1c2ccccc2-c2ccccc21. The van der Waals surface area contributed by atoms with Crippen molar-refractivity contribution in [3.63, 3.8) is 0 Å². The van der Waals surface area contributed by atoms with Gasteiger partial charge in [-0.1, -0.05) is 55.5 Å². The van der Waals surface area contributed by atoms with Crippen LogP contribution >= 0.6 is 11.8 Å². The molecule has 2 aromatic rings. The fourth-order valence-corrected chi connectivity index (χ4v) is 4.69. The second-order valence-corrected chi connectivity index (χ2v) is 9.08. The van der Waals surface area contributed by atoms with Crippen molar-refractivity contribution in [3.8, 4) is 11.1 Å². The van der Waals surface area contributed by atoms with Crippen LogP contribution in [0.5, 0.6) is 0 Å². The second-order valence-electron chi connectivity index (χ2n) is 7.98. The van der Waals surface area contributed by atoms with Gasteiger partial charge < -0.3 is 20.1 Å². The van der Waals surface area contributed by atoms with Gasteiger partial charge in [0.25, 0.3) is 0 Å². The third-order valence-corrected chi connectivity index (χ3v) is 6.68. The zero-order chi connectivity index (χ0) is 23.8. The number of nitrogens with one attached hydrogen (secondary N) is 1. The highest BCUT2D eigenvalue weighted by atomic mass is 32.2. The Morgan fingerprint density at radius 1 is 1.09 bits per heavy atom. The van der Waals surface area contributed by atoms with E-state index >= 15 is 0 Å². The monoisotopic (exact) mass is 470 g/mol. The summed E-state index contributed by atoms with van der Waals surface area (Å²) in [7, 11) is 0.